The van der Waals surface area contributed by atoms with Gasteiger partial charge in [-0.15, -0.1) is 0 Å². The average Bonchev–Trinajstić information content (AvgIpc) is 3.35. The van der Waals surface area contributed by atoms with Gasteiger partial charge in [-0.25, -0.2) is 0 Å². The van der Waals surface area contributed by atoms with Crippen LogP contribution < -0.4 is 4.89 Å². The van der Waals surface area contributed by atoms with Crippen molar-refractivity contribution in [3.8, 4) is 5.75 Å². The molecule has 1 atom stereocenters. The second-order valence-corrected chi connectivity index (χ2v) is 7.86. The Kier molecular flexibility index (Phi) is 4.38. The number of rotatable bonds is 5. The highest BCUT2D eigenvalue weighted by molar-refractivity contribution is 5.77. The predicted octanol–water partition coefficient (Wildman–Crippen LogP) is 4.85. The zero-order chi connectivity index (χ0) is 18.2. The van der Waals surface area contributed by atoms with Gasteiger partial charge in [-0.05, 0) is 68.0 Å². The third-order valence-corrected chi connectivity index (χ3v) is 5.99. The van der Waals surface area contributed by atoms with E-state index in [1.165, 1.54) is 40.5 Å². The standard InChI is InChI=1S/C23H25NO3/c1-24(11-9-16-5-8-22-17(13-16)10-12-25-22)14-18-3-2-4-21-20(18)7-6-19-15-26-27-23(19)21/h5-8,10,12-13,18H,2-4,9,11,14-15H2,1H3/t18-/m0/s1. The van der Waals surface area contributed by atoms with Crippen molar-refractivity contribution >= 4 is 11.0 Å². The third kappa shape index (κ3) is 3.24. The largest absolute Gasteiger partial charge is 0.464 e. The van der Waals surface area contributed by atoms with Crippen LogP contribution in [0.1, 0.15) is 41.0 Å². The lowest BCUT2D eigenvalue weighted by atomic mass is 9.81. The molecule has 2 heterocycles. The van der Waals surface area contributed by atoms with Crippen LogP contribution in [-0.2, 0) is 24.3 Å². The number of benzene rings is 2. The molecule has 27 heavy (non-hydrogen) atoms. The molecule has 0 fully saturated rings. The van der Waals surface area contributed by atoms with Gasteiger partial charge in [0.25, 0.3) is 0 Å². The van der Waals surface area contributed by atoms with Gasteiger partial charge in [0.1, 0.15) is 12.2 Å². The molecule has 4 heteroatoms. The zero-order valence-corrected chi connectivity index (χ0v) is 15.7. The molecule has 0 spiro atoms. The van der Waals surface area contributed by atoms with Crippen LogP contribution in [0.25, 0.3) is 11.0 Å². The van der Waals surface area contributed by atoms with Crippen LogP contribution in [0.4, 0.5) is 0 Å². The molecule has 2 aliphatic rings. The highest BCUT2D eigenvalue weighted by atomic mass is 17.2. The number of hydrogen-bond acceptors (Lipinski definition) is 4. The number of hydrogen-bond donors (Lipinski definition) is 0. The van der Waals surface area contributed by atoms with Crippen LogP contribution in [0.15, 0.2) is 47.1 Å². The number of furan rings is 1. The van der Waals surface area contributed by atoms with Crippen LogP contribution in [0.3, 0.4) is 0 Å². The monoisotopic (exact) mass is 363 g/mol. The molecule has 1 aliphatic carbocycles. The third-order valence-electron chi connectivity index (χ3n) is 5.99. The molecule has 0 unspecified atom stereocenters. The summed E-state index contributed by atoms with van der Waals surface area (Å²) < 4.78 is 5.43. The SMILES string of the molecule is CN(CCc1ccc2occc2c1)C[C@@H]1CCCc2c1ccc1c2OOC1. The summed E-state index contributed by atoms with van der Waals surface area (Å²) in [5, 5.41) is 1.19. The Morgan fingerprint density at radius 1 is 1.15 bits per heavy atom. The van der Waals surface area contributed by atoms with Crippen LogP contribution in [0, 0.1) is 0 Å². The molecule has 4 nitrogen and oxygen atoms in total. The van der Waals surface area contributed by atoms with E-state index in [9.17, 15) is 0 Å². The summed E-state index contributed by atoms with van der Waals surface area (Å²) in [4.78, 5) is 13.1. The topological polar surface area (TPSA) is 34.8 Å². The fourth-order valence-electron chi connectivity index (χ4n) is 4.53. The van der Waals surface area contributed by atoms with Crippen molar-refractivity contribution in [2.75, 3.05) is 20.1 Å². The molecule has 0 saturated carbocycles. The number of nitrogens with zero attached hydrogens (tertiary/aromatic N) is 1. The van der Waals surface area contributed by atoms with Crippen LogP contribution in [-0.4, -0.2) is 25.0 Å². The van der Waals surface area contributed by atoms with Gasteiger partial charge in [-0.2, -0.15) is 4.89 Å². The summed E-state index contributed by atoms with van der Waals surface area (Å²) in [5.74, 6) is 1.57. The minimum atomic E-state index is 0.574. The maximum atomic E-state index is 5.46. The van der Waals surface area contributed by atoms with Crippen LogP contribution in [0.2, 0.25) is 0 Å². The van der Waals surface area contributed by atoms with Crippen LogP contribution >= 0.6 is 0 Å². The van der Waals surface area contributed by atoms with Gasteiger partial charge in [-0.3, -0.25) is 0 Å². The van der Waals surface area contributed by atoms with E-state index in [4.69, 9.17) is 14.2 Å². The zero-order valence-electron chi connectivity index (χ0n) is 15.7. The molecule has 2 aromatic carbocycles. The molecule has 140 valence electrons. The van der Waals surface area contributed by atoms with Crippen molar-refractivity contribution in [2.24, 2.45) is 0 Å². The molecule has 0 bridgehead atoms. The minimum absolute atomic E-state index is 0.574. The Bertz CT molecular complexity index is 961. The Labute approximate surface area is 159 Å². The molecular formula is C23H25NO3. The fourth-order valence-corrected chi connectivity index (χ4v) is 4.53. The molecular weight excluding hydrogens is 338 g/mol. The smallest absolute Gasteiger partial charge is 0.174 e. The van der Waals surface area contributed by atoms with E-state index in [1.54, 1.807) is 6.26 Å². The molecule has 0 amide bonds. The summed E-state index contributed by atoms with van der Waals surface area (Å²) in [6, 6.07) is 13.0. The lowest BCUT2D eigenvalue weighted by Gasteiger charge is -2.30. The van der Waals surface area contributed by atoms with E-state index >= 15 is 0 Å². The van der Waals surface area contributed by atoms with E-state index in [-0.39, 0.29) is 0 Å². The fraction of sp³-hybridized carbons (Fsp3) is 0.391. The second kappa shape index (κ2) is 7.02. The summed E-state index contributed by atoms with van der Waals surface area (Å²) in [6.07, 6.45) is 6.39. The maximum absolute atomic E-state index is 5.46. The normalized spacial score (nSPS) is 18.5. The van der Waals surface area contributed by atoms with Crippen molar-refractivity contribution in [1.82, 2.24) is 4.90 Å². The first-order valence-corrected chi connectivity index (χ1v) is 9.87. The minimum Gasteiger partial charge on any atom is -0.464 e. The number of likely N-dealkylation sites (N-methyl/N-ethyl adjacent to an activating group) is 1. The van der Waals surface area contributed by atoms with Gasteiger partial charge < -0.3 is 14.2 Å². The highest BCUT2D eigenvalue weighted by Crippen LogP contribution is 2.41. The van der Waals surface area contributed by atoms with Gasteiger partial charge in [0.05, 0.1) is 6.26 Å². The lowest BCUT2D eigenvalue weighted by molar-refractivity contribution is -0.195. The van der Waals surface area contributed by atoms with E-state index in [0.717, 1.165) is 37.3 Å². The first-order valence-electron chi connectivity index (χ1n) is 9.87. The molecule has 3 aromatic rings. The lowest BCUT2D eigenvalue weighted by Crippen LogP contribution is -2.28. The summed E-state index contributed by atoms with van der Waals surface area (Å²) >= 11 is 0. The first-order chi connectivity index (χ1) is 13.3. The van der Waals surface area contributed by atoms with Gasteiger partial charge in [0, 0.05) is 29.6 Å². The first kappa shape index (κ1) is 16.8. The Morgan fingerprint density at radius 2 is 2.11 bits per heavy atom. The molecule has 0 saturated heterocycles. The van der Waals surface area contributed by atoms with E-state index in [1.807, 2.05) is 6.07 Å². The van der Waals surface area contributed by atoms with E-state index in [0.29, 0.717) is 12.5 Å². The Balaban J connectivity index is 1.26. The van der Waals surface area contributed by atoms with Gasteiger partial charge in [0.15, 0.2) is 5.75 Å². The van der Waals surface area contributed by atoms with Gasteiger partial charge in [-0.1, -0.05) is 18.2 Å². The predicted molar refractivity (Wildman–Crippen MR) is 105 cm³/mol. The average molecular weight is 363 g/mol. The van der Waals surface area contributed by atoms with Gasteiger partial charge >= 0.3 is 0 Å². The van der Waals surface area contributed by atoms with Crippen molar-refractivity contribution < 1.29 is 14.2 Å². The van der Waals surface area contributed by atoms with Crippen molar-refractivity contribution in [2.45, 2.75) is 38.2 Å². The molecule has 1 aromatic heterocycles. The Hall–Kier alpha value is -2.30. The summed E-state index contributed by atoms with van der Waals surface area (Å²) in [5.41, 5.74) is 6.35. The maximum Gasteiger partial charge on any atom is 0.174 e. The Morgan fingerprint density at radius 3 is 3.07 bits per heavy atom. The molecule has 1 aliphatic heterocycles. The van der Waals surface area contributed by atoms with E-state index in [2.05, 4.69) is 42.3 Å². The quantitative estimate of drug-likeness (QED) is 0.607. The molecule has 0 N–H and O–H groups in total. The van der Waals surface area contributed by atoms with Crippen molar-refractivity contribution in [3.05, 3.63) is 64.9 Å². The van der Waals surface area contributed by atoms with E-state index < -0.39 is 0 Å². The van der Waals surface area contributed by atoms with Crippen LogP contribution in [0.5, 0.6) is 5.75 Å². The van der Waals surface area contributed by atoms with Crippen molar-refractivity contribution in [1.29, 1.82) is 0 Å². The second-order valence-electron chi connectivity index (χ2n) is 7.86. The van der Waals surface area contributed by atoms with Gasteiger partial charge in [0.2, 0.25) is 0 Å². The number of fused-ring (bicyclic) bond motifs is 4. The summed E-state index contributed by atoms with van der Waals surface area (Å²) in [6.45, 7) is 2.72. The molecule has 0 radical (unpaired) electrons. The molecule has 5 rings (SSSR count). The summed E-state index contributed by atoms with van der Waals surface area (Å²) in [7, 11) is 2.23. The highest BCUT2D eigenvalue weighted by Gasteiger charge is 2.28. The van der Waals surface area contributed by atoms with Crippen molar-refractivity contribution in [3.63, 3.8) is 0 Å².